The van der Waals surface area contributed by atoms with Crippen LogP contribution in [0.5, 0.6) is 0 Å². The Bertz CT molecular complexity index is 860. The van der Waals surface area contributed by atoms with Crippen LogP contribution < -0.4 is 0 Å². The number of β-amino-alcohol motifs (C(OH)–C–C–N with tert-alkyl or cyclic N) is 1. The van der Waals surface area contributed by atoms with Crippen molar-refractivity contribution in [2.45, 2.75) is 37.7 Å². The summed E-state index contributed by atoms with van der Waals surface area (Å²) in [7, 11) is -3.44. The molecule has 3 atom stereocenters. The van der Waals surface area contributed by atoms with Crippen LogP contribution in [0.1, 0.15) is 26.7 Å². The number of rotatable bonds is 8. The fraction of sp³-hybridized carbons (Fsp3) is 0.652. The minimum Gasteiger partial charge on any atom is -0.389 e. The molecule has 6 nitrogen and oxygen atoms in total. The van der Waals surface area contributed by atoms with Gasteiger partial charge in [0.05, 0.1) is 24.2 Å². The average molecular weight is 435 g/mol. The first-order valence-corrected chi connectivity index (χ1v) is 12.4. The standard InChI is InChI=1S/C23H34N2O4S/c1-23(2)19-9-8-18(22(23)14-19)16-29-17-20(26)15-24-10-12-25(13-11-24)30(27,28)21-6-4-3-5-7-21/h3-8,19-20,22,26H,9-17H2,1-2H3/t19-,20-,22-/m1/s1. The van der Waals surface area contributed by atoms with Crippen molar-refractivity contribution >= 4 is 10.0 Å². The van der Waals surface area contributed by atoms with Crippen molar-refractivity contribution in [3.63, 3.8) is 0 Å². The first-order valence-electron chi connectivity index (χ1n) is 11.0. The van der Waals surface area contributed by atoms with Crippen LogP contribution in [0, 0.1) is 17.3 Å². The van der Waals surface area contributed by atoms with E-state index in [2.05, 4.69) is 24.8 Å². The van der Waals surface area contributed by atoms with Gasteiger partial charge in [-0.1, -0.05) is 38.1 Å². The van der Waals surface area contributed by atoms with Crippen LogP contribution in [-0.2, 0) is 14.8 Å². The summed E-state index contributed by atoms with van der Waals surface area (Å²) in [6.45, 7) is 8.26. The number of piperazine rings is 1. The molecule has 1 aliphatic heterocycles. The number of sulfonamides is 1. The van der Waals surface area contributed by atoms with Crippen LogP contribution in [0.4, 0.5) is 0 Å². The van der Waals surface area contributed by atoms with Crippen molar-refractivity contribution < 1.29 is 18.3 Å². The molecule has 1 saturated heterocycles. The van der Waals surface area contributed by atoms with E-state index < -0.39 is 16.1 Å². The maximum absolute atomic E-state index is 12.7. The molecule has 4 aliphatic rings. The van der Waals surface area contributed by atoms with Gasteiger partial charge in [0.2, 0.25) is 10.0 Å². The quantitative estimate of drug-likeness (QED) is 0.636. The van der Waals surface area contributed by atoms with Crippen molar-refractivity contribution in [1.82, 2.24) is 9.21 Å². The molecule has 0 spiro atoms. The maximum atomic E-state index is 12.7. The summed E-state index contributed by atoms with van der Waals surface area (Å²) < 4.78 is 32.8. The highest BCUT2D eigenvalue weighted by atomic mass is 32.2. The van der Waals surface area contributed by atoms with Crippen molar-refractivity contribution in [3.8, 4) is 0 Å². The molecule has 3 aliphatic carbocycles. The molecule has 1 aromatic rings. The number of allylic oxidation sites excluding steroid dienone is 1. The second-order valence-electron chi connectivity index (χ2n) is 9.51. The lowest BCUT2D eigenvalue weighted by atomic mass is 9.49. The van der Waals surface area contributed by atoms with Crippen LogP contribution in [0.15, 0.2) is 46.9 Å². The highest BCUT2D eigenvalue weighted by Crippen LogP contribution is 2.59. The third-order valence-corrected chi connectivity index (χ3v) is 9.26. The average Bonchev–Trinajstić information content (AvgIpc) is 2.74. The number of aliphatic hydroxyl groups is 1. The summed E-state index contributed by atoms with van der Waals surface area (Å²) in [6.07, 6.45) is 4.21. The van der Waals surface area contributed by atoms with E-state index in [1.165, 1.54) is 16.3 Å². The van der Waals surface area contributed by atoms with Crippen LogP contribution in [0.2, 0.25) is 0 Å². The topological polar surface area (TPSA) is 70.1 Å². The van der Waals surface area contributed by atoms with E-state index in [-0.39, 0.29) is 0 Å². The van der Waals surface area contributed by atoms with Gasteiger partial charge < -0.3 is 9.84 Å². The number of fused-ring (bicyclic) bond motifs is 1. The third-order valence-electron chi connectivity index (χ3n) is 7.34. The van der Waals surface area contributed by atoms with Gasteiger partial charge in [-0.05, 0) is 47.8 Å². The molecule has 1 heterocycles. The minimum atomic E-state index is -3.44. The zero-order valence-electron chi connectivity index (χ0n) is 18.0. The summed E-state index contributed by atoms with van der Waals surface area (Å²) in [5.41, 5.74) is 1.79. The zero-order valence-corrected chi connectivity index (χ0v) is 18.9. The highest BCUT2D eigenvalue weighted by molar-refractivity contribution is 7.89. The maximum Gasteiger partial charge on any atom is 0.243 e. The summed E-state index contributed by atoms with van der Waals surface area (Å²) in [4.78, 5) is 2.45. The minimum absolute atomic E-state index is 0.316. The van der Waals surface area contributed by atoms with Crippen molar-refractivity contribution in [2.75, 3.05) is 45.9 Å². The van der Waals surface area contributed by atoms with Crippen LogP contribution in [-0.4, -0.2) is 74.8 Å². The number of benzene rings is 1. The predicted octanol–water partition coefficient (Wildman–Crippen LogP) is 2.36. The molecule has 0 unspecified atom stereocenters. The fourth-order valence-electron chi connectivity index (χ4n) is 5.20. The largest absolute Gasteiger partial charge is 0.389 e. The van der Waals surface area contributed by atoms with Gasteiger partial charge in [0, 0.05) is 32.7 Å². The van der Waals surface area contributed by atoms with Gasteiger partial charge in [-0.2, -0.15) is 4.31 Å². The SMILES string of the molecule is CC1(C)[C@@H]2CC=C(COC[C@H](O)CN3CCN(S(=O)(=O)c4ccccc4)CC3)[C@H]1C2. The van der Waals surface area contributed by atoms with E-state index in [9.17, 15) is 13.5 Å². The molecule has 7 heteroatoms. The highest BCUT2D eigenvalue weighted by Gasteiger charge is 2.50. The molecule has 0 aromatic heterocycles. The third kappa shape index (κ3) is 4.36. The van der Waals surface area contributed by atoms with E-state index in [0.717, 1.165) is 12.3 Å². The van der Waals surface area contributed by atoms with E-state index in [1.54, 1.807) is 24.3 Å². The van der Waals surface area contributed by atoms with Gasteiger partial charge >= 0.3 is 0 Å². The molecule has 0 amide bonds. The molecule has 0 radical (unpaired) electrons. The molecule has 5 rings (SSSR count). The fourth-order valence-corrected chi connectivity index (χ4v) is 6.64. The Hall–Kier alpha value is -1.25. The van der Waals surface area contributed by atoms with Crippen molar-refractivity contribution in [3.05, 3.63) is 42.0 Å². The van der Waals surface area contributed by atoms with E-state index >= 15 is 0 Å². The first-order chi connectivity index (χ1) is 14.3. The monoisotopic (exact) mass is 434 g/mol. The number of ether oxygens (including phenoxy) is 1. The Morgan fingerprint density at radius 1 is 1.17 bits per heavy atom. The molecule has 166 valence electrons. The Balaban J connectivity index is 1.19. The Kier molecular flexibility index (Phi) is 6.38. The van der Waals surface area contributed by atoms with Crippen molar-refractivity contribution in [2.24, 2.45) is 17.3 Å². The summed E-state index contributed by atoms with van der Waals surface area (Å²) in [5, 5.41) is 10.4. The lowest BCUT2D eigenvalue weighted by Crippen LogP contribution is -2.50. The number of hydrogen-bond acceptors (Lipinski definition) is 5. The summed E-state index contributed by atoms with van der Waals surface area (Å²) in [6, 6.07) is 8.57. The van der Waals surface area contributed by atoms with Gasteiger partial charge in [0.15, 0.2) is 0 Å². The van der Waals surface area contributed by atoms with E-state index in [0.29, 0.717) is 62.2 Å². The second kappa shape index (κ2) is 8.71. The van der Waals surface area contributed by atoms with Crippen LogP contribution in [0.25, 0.3) is 0 Å². The molecular formula is C23H34N2O4S. The Morgan fingerprint density at radius 2 is 1.87 bits per heavy atom. The van der Waals surface area contributed by atoms with Gasteiger partial charge in [0.25, 0.3) is 0 Å². The molecule has 1 N–H and O–H groups in total. The summed E-state index contributed by atoms with van der Waals surface area (Å²) in [5.74, 6) is 1.45. The molecule has 2 bridgehead atoms. The number of aliphatic hydroxyl groups excluding tert-OH is 1. The lowest BCUT2D eigenvalue weighted by molar-refractivity contribution is -0.0268. The predicted molar refractivity (Wildman–Crippen MR) is 117 cm³/mol. The first kappa shape index (κ1) is 22.0. The lowest BCUT2D eigenvalue weighted by Gasteiger charge is -2.56. The number of hydrogen-bond donors (Lipinski definition) is 1. The molecule has 30 heavy (non-hydrogen) atoms. The van der Waals surface area contributed by atoms with Gasteiger partial charge in [-0.3, -0.25) is 4.90 Å². The smallest absolute Gasteiger partial charge is 0.243 e. The Morgan fingerprint density at radius 3 is 2.50 bits per heavy atom. The normalized spacial score (nSPS) is 27.9. The van der Waals surface area contributed by atoms with E-state index in [1.807, 2.05) is 6.07 Å². The van der Waals surface area contributed by atoms with Gasteiger partial charge in [0.1, 0.15) is 0 Å². The molecule has 1 saturated carbocycles. The molecule has 1 aromatic carbocycles. The Labute approximate surface area is 180 Å². The molecule has 2 fully saturated rings. The zero-order chi connectivity index (χ0) is 21.4. The van der Waals surface area contributed by atoms with Gasteiger partial charge in [-0.15, -0.1) is 0 Å². The van der Waals surface area contributed by atoms with Crippen LogP contribution in [0.3, 0.4) is 0 Å². The van der Waals surface area contributed by atoms with Crippen LogP contribution >= 0.6 is 0 Å². The second-order valence-corrected chi connectivity index (χ2v) is 11.4. The van der Waals surface area contributed by atoms with Gasteiger partial charge in [-0.25, -0.2) is 8.42 Å². The number of nitrogens with zero attached hydrogens (tertiary/aromatic N) is 2. The summed E-state index contributed by atoms with van der Waals surface area (Å²) >= 11 is 0. The molecular weight excluding hydrogens is 400 g/mol. The van der Waals surface area contributed by atoms with Crippen molar-refractivity contribution in [1.29, 1.82) is 0 Å². The van der Waals surface area contributed by atoms with E-state index in [4.69, 9.17) is 4.74 Å².